The molecule has 0 saturated heterocycles. The molecule has 0 aromatic carbocycles. The van der Waals surface area contributed by atoms with Crippen molar-refractivity contribution in [3.05, 3.63) is 23.5 Å². The lowest BCUT2D eigenvalue weighted by Crippen LogP contribution is -2.06. The molecule has 0 amide bonds. The number of carbonyl (C=O) groups excluding carboxylic acids is 1. The molecule has 0 fully saturated rings. The Morgan fingerprint density at radius 1 is 1.25 bits per heavy atom. The minimum Gasteiger partial charge on any atom is -0.504 e. The third-order valence-corrected chi connectivity index (χ3v) is 1.90. The monoisotopic (exact) mass is 244 g/mol. The van der Waals surface area contributed by atoms with E-state index in [9.17, 15) is 9.90 Å². The van der Waals surface area contributed by atoms with Crippen LogP contribution in [0.1, 0.15) is 20.8 Å². The molecular formula is C11H16O4S. The Hall–Kier alpha value is -1.36. The van der Waals surface area contributed by atoms with Gasteiger partial charge in [0.1, 0.15) is 0 Å². The van der Waals surface area contributed by atoms with Crippen LogP contribution in [0.4, 0.5) is 0 Å². The van der Waals surface area contributed by atoms with Crippen LogP contribution < -0.4 is 0 Å². The van der Waals surface area contributed by atoms with E-state index < -0.39 is 5.97 Å². The van der Waals surface area contributed by atoms with Crippen LogP contribution in [0.3, 0.4) is 0 Å². The molecule has 0 aliphatic heterocycles. The van der Waals surface area contributed by atoms with Crippen molar-refractivity contribution >= 4 is 23.2 Å². The van der Waals surface area contributed by atoms with Gasteiger partial charge in [0, 0.05) is 5.57 Å². The van der Waals surface area contributed by atoms with Gasteiger partial charge in [0.15, 0.2) is 5.76 Å². The summed E-state index contributed by atoms with van der Waals surface area (Å²) in [5.74, 6) is -0.602. The molecule has 0 heterocycles. The van der Waals surface area contributed by atoms with E-state index in [2.05, 4.69) is 0 Å². The second-order valence-electron chi connectivity index (χ2n) is 2.84. The number of allylic oxidation sites excluding steroid dienone is 2. The standard InChI is InChI=1S/C11H16O4S/c1-4-14-10(13)8(3)6-7-9(12)11(16)15-5-2/h6-7,12H,4-5H2,1-3H3. The van der Waals surface area contributed by atoms with Crippen molar-refractivity contribution in [3.8, 4) is 0 Å². The molecule has 90 valence electrons. The molecule has 0 unspecified atom stereocenters. The number of aliphatic hydroxyl groups is 1. The highest BCUT2D eigenvalue weighted by Gasteiger charge is 2.05. The van der Waals surface area contributed by atoms with E-state index in [4.69, 9.17) is 21.7 Å². The zero-order valence-corrected chi connectivity index (χ0v) is 10.5. The Morgan fingerprint density at radius 3 is 2.31 bits per heavy atom. The SMILES string of the molecule is CCOC(=O)C(C)=CC=C(O)C(=S)OCC. The fraction of sp³-hybridized carbons (Fsp3) is 0.455. The molecule has 0 spiro atoms. The van der Waals surface area contributed by atoms with Gasteiger partial charge in [0.05, 0.1) is 13.2 Å². The van der Waals surface area contributed by atoms with E-state index in [1.165, 1.54) is 12.2 Å². The zero-order chi connectivity index (χ0) is 12.6. The summed E-state index contributed by atoms with van der Waals surface area (Å²) in [5, 5.41) is 9.42. The summed E-state index contributed by atoms with van der Waals surface area (Å²) in [6.07, 6.45) is 2.74. The maximum atomic E-state index is 11.2. The van der Waals surface area contributed by atoms with Gasteiger partial charge in [-0.05, 0) is 45.1 Å². The fourth-order valence-electron chi connectivity index (χ4n) is 0.790. The van der Waals surface area contributed by atoms with Crippen LogP contribution in [-0.2, 0) is 14.3 Å². The highest BCUT2D eigenvalue weighted by molar-refractivity contribution is 7.80. The normalized spacial score (nSPS) is 12.2. The van der Waals surface area contributed by atoms with Gasteiger partial charge in [-0.3, -0.25) is 0 Å². The first-order valence-corrected chi connectivity index (χ1v) is 5.35. The molecule has 0 aromatic heterocycles. The summed E-state index contributed by atoms with van der Waals surface area (Å²) >= 11 is 4.76. The van der Waals surface area contributed by atoms with Crippen LogP contribution in [0, 0.1) is 0 Å². The summed E-state index contributed by atoms with van der Waals surface area (Å²) in [6, 6.07) is 0. The maximum absolute atomic E-state index is 11.2. The second kappa shape index (κ2) is 7.87. The van der Waals surface area contributed by atoms with Crippen LogP contribution >= 0.6 is 12.2 Å². The van der Waals surface area contributed by atoms with E-state index in [1.807, 2.05) is 0 Å². The number of esters is 1. The Balaban J connectivity index is 4.48. The summed E-state index contributed by atoms with van der Waals surface area (Å²) in [7, 11) is 0. The maximum Gasteiger partial charge on any atom is 0.333 e. The third-order valence-electron chi connectivity index (χ3n) is 1.57. The third kappa shape index (κ3) is 5.50. The molecule has 0 saturated carbocycles. The Kier molecular flexibility index (Phi) is 7.20. The predicted molar refractivity (Wildman–Crippen MR) is 65.3 cm³/mol. The van der Waals surface area contributed by atoms with Gasteiger partial charge in [-0.15, -0.1) is 0 Å². The number of hydrogen-bond acceptors (Lipinski definition) is 5. The summed E-state index contributed by atoms with van der Waals surface area (Å²) in [5.41, 5.74) is 0.382. The minimum atomic E-state index is -0.422. The van der Waals surface area contributed by atoms with E-state index >= 15 is 0 Å². The van der Waals surface area contributed by atoms with Crippen molar-refractivity contribution in [2.24, 2.45) is 0 Å². The van der Waals surface area contributed by atoms with Crippen molar-refractivity contribution in [3.63, 3.8) is 0 Å². The number of aliphatic hydroxyl groups excluding tert-OH is 1. The second-order valence-corrected chi connectivity index (χ2v) is 3.21. The number of ether oxygens (including phenoxy) is 2. The zero-order valence-electron chi connectivity index (χ0n) is 9.65. The van der Waals surface area contributed by atoms with Crippen molar-refractivity contribution in [1.82, 2.24) is 0 Å². The van der Waals surface area contributed by atoms with Gasteiger partial charge in [-0.1, -0.05) is 0 Å². The molecule has 0 bridgehead atoms. The van der Waals surface area contributed by atoms with E-state index in [0.717, 1.165) is 0 Å². The largest absolute Gasteiger partial charge is 0.504 e. The highest BCUT2D eigenvalue weighted by Crippen LogP contribution is 2.01. The van der Waals surface area contributed by atoms with Gasteiger partial charge < -0.3 is 14.6 Å². The van der Waals surface area contributed by atoms with Crippen molar-refractivity contribution in [1.29, 1.82) is 0 Å². The van der Waals surface area contributed by atoms with Gasteiger partial charge in [-0.2, -0.15) is 0 Å². The Labute approximate surface area is 101 Å². The lowest BCUT2D eigenvalue weighted by Gasteiger charge is -2.02. The molecule has 0 aliphatic rings. The Bertz CT molecular complexity index is 286. The van der Waals surface area contributed by atoms with Crippen LogP contribution in [0.15, 0.2) is 23.5 Å². The van der Waals surface area contributed by atoms with Crippen molar-refractivity contribution in [2.45, 2.75) is 20.8 Å². The van der Waals surface area contributed by atoms with Gasteiger partial charge in [0.2, 0.25) is 5.05 Å². The fourth-order valence-corrected chi connectivity index (χ4v) is 0.976. The molecule has 0 aliphatic carbocycles. The lowest BCUT2D eigenvalue weighted by atomic mass is 10.2. The average Bonchev–Trinajstić information content (AvgIpc) is 2.25. The predicted octanol–water partition coefficient (Wildman–Crippen LogP) is 2.30. The molecule has 0 aromatic rings. The Morgan fingerprint density at radius 2 is 1.81 bits per heavy atom. The van der Waals surface area contributed by atoms with Crippen LogP contribution in [0.2, 0.25) is 0 Å². The van der Waals surface area contributed by atoms with Crippen molar-refractivity contribution in [2.75, 3.05) is 13.2 Å². The highest BCUT2D eigenvalue weighted by atomic mass is 32.1. The number of thiocarbonyl (C=S) groups is 1. The molecular weight excluding hydrogens is 228 g/mol. The molecule has 0 radical (unpaired) electrons. The van der Waals surface area contributed by atoms with E-state index in [0.29, 0.717) is 18.8 Å². The lowest BCUT2D eigenvalue weighted by molar-refractivity contribution is -0.138. The van der Waals surface area contributed by atoms with Gasteiger partial charge in [0.25, 0.3) is 0 Å². The molecule has 0 atom stereocenters. The first-order valence-electron chi connectivity index (χ1n) is 4.94. The molecule has 5 heteroatoms. The summed E-state index contributed by atoms with van der Waals surface area (Å²) in [4.78, 5) is 11.2. The molecule has 16 heavy (non-hydrogen) atoms. The number of rotatable bonds is 5. The molecule has 1 N–H and O–H groups in total. The smallest absolute Gasteiger partial charge is 0.333 e. The quantitative estimate of drug-likeness (QED) is 0.264. The van der Waals surface area contributed by atoms with Crippen LogP contribution in [0.25, 0.3) is 0 Å². The van der Waals surface area contributed by atoms with Crippen molar-refractivity contribution < 1.29 is 19.4 Å². The first kappa shape index (κ1) is 14.6. The van der Waals surface area contributed by atoms with Crippen LogP contribution in [0.5, 0.6) is 0 Å². The van der Waals surface area contributed by atoms with Crippen LogP contribution in [-0.4, -0.2) is 29.3 Å². The van der Waals surface area contributed by atoms with Gasteiger partial charge >= 0.3 is 5.97 Å². The molecule has 4 nitrogen and oxygen atoms in total. The number of carbonyl (C=O) groups is 1. The summed E-state index contributed by atoms with van der Waals surface area (Å²) in [6.45, 7) is 5.78. The van der Waals surface area contributed by atoms with E-state index in [-0.39, 0.29) is 10.8 Å². The topological polar surface area (TPSA) is 55.8 Å². The summed E-state index contributed by atoms with van der Waals surface area (Å²) < 4.78 is 9.67. The van der Waals surface area contributed by atoms with E-state index in [1.54, 1.807) is 20.8 Å². The first-order chi connectivity index (χ1) is 7.52. The molecule has 0 rings (SSSR count). The minimum absolute atomic E-state index is 0.00964. The average molecular weight is 244 g/mol. The van der Waals surface area contributed by atoms with Gasteiger partial charge in [-0.25, -0.2) is 4.79 Å². The number of hydrogen-bond donors (Lipinski definition) is 1.